The van der Waals surface area contributed by atoms with Crippen LogP contribution in [0.25, 0.3) is 11.3 Å². The predicted octanol–water partition coefficient (Wildman–Crippen LogP) is 3.37. The monoisotopic (exact) mass is 338 g/mol. The number of benzene rings is 1. The molecule has 0 fully saturated rings. The van der Waals surface area contributed by atoms with E-state index >= 15 is 0 Å². The maximum absolute atomic E-state index is 8.93. The summed E-state index contributed by atoms with van der Waals surface area (Å²) in [4.78, 5) is 7.96. The number of nitrogens with one attached hydrogen (secondary N) is 1. The Morgan fingerprint density at radius 3 is 2.79 bits per heavy atom. The van der Waals surface area contributed by atoms with Crippen molar-refractivity contribution in [3.05, 3.63) is 59.8 Å². The minimum absolute atomic E-state index is 0.160. The van der Waals surface area contributed by atoms with Crippen molar-refractivity contribution in [1.29, 1.82) is 5.26 Å². The van der Waals surface area contributed by atoms with Crippen molar-refractivity contribution in [3.63, 3.8) is 0 Å². The Kier molecular flexibility index (Phi) is 4.73. The molecule has 120 valence electrons. The van der Waals surface area contributed by atoms with Gasteiger partial charge in [-0.25, -0.2) is 9.97 Å². The van der Waals surface area contributed by atoms with E-state index in [4.69, 9.17) is 16.9 Å². The molecule has 6 nitrogen and oxygen atoms in total. The van der Waals surface area contributed by atoms with Crippen LogP contribution in [0.1, 0.15) is 12.5 Å². The van der Waals surface area contributed by atoms with Crippen LogP contribution in [0.2, 0.25) is 5.02 Å². The molecule has 0 aliphatic heterocycles. The summed E-state index contributed by atoms with van der Waals surface area (Å²) in [6, 6.07) is 9.45. The van der Waals surface area contributed by atoms with Crippen LogP contribution in [0.4, 0.5) is 5.69 Å². The van der Waals surface area contributed by atoms with Crippen LogP contribution in [0.3, 0.4) is 0 Å². The van der Waals surface area contributed by atoms with Crippen molar-refractivity contribution < 1.29 is 0 Å². The zero-order chi connectivity index (χ0) is 16.9. The molecule has 0 radical (unpaired) electrons. The lowest BCUT2D eigenvalue weighted by atomic mass is 10.1. The number of hydrogen-bond acceptors (Lipinski definition) is 5. The molecule has 0 saturated heterocycles. The molecule has 24 heavy (non-hydrogen) atoms. The van der Waals surface area contributed by atoms with Gasteiger partial charge in [0.1, 0.15) is 12.4 Å². The summed E-state index contributed by atoms with van der Waals surface area (Å²) >= 11 is 6.08. The highest BCUT2D eigenvalue weighted by molar-refractivity contribution is 6.32. The standard InChI is InChI=1S/C17H15ClN6/c1-12(22-15-8-20-11-21-9-15)10-24-5-4-17(23-24)13-2-3-14(7-19)16(18)6-13/h2-6,8-9,11-12,22H,10H2,1H3/t12-/m0/s1. The quantitative estimate of drug-likeness (QED) is 0.771. The molecule has 0 bridgehead atoms. The van der Waals surface area contributed by atoms with E-state index in [0.29, 0.717) is 17.1 Å². The second-order valence-corrected chi connectivity index (χ2v) is 5.81. The van der Waals surface area contributed by atoms with E-state index in [0.717, 1.165) is 16.9 Å². The summed E-state index contributed by atoms with van der Waals surface area (Å²) in [5.74, 6) is 0. The zero-order valence-corrected chi connectivity index (χ0v) is 13.8. The molecule has 2 heterocycles. The SMILES string of the molecule is C[C@@H](Cn1ccc(-c2ccc(C#N)c(Cl)c2)n1)Nc1cncnc1. The molecule has 0 aliphatic rings. The highest BCUT2D eigenvalue weighted by Gasteiger charge is 2.08. The third-order valence-corrected chi connectivity index (χ3v) is 3.77. The molecule has 1 N–H and O–H groups in total. The van der Waals surface area contributed by atoms with Gasteiger partial charge in [0.05, 0.1) is 40.9 Å². The van der Waals surface area contributed by atoms with Gasteiger partial charge in [-0.1, -0.05) is 17.7 Å². The Morgan fingerprint density at radius 1 is 1.29 bits per heavy atom. The molecule has 3 aromatic rings. The van der Waals surface area contributed by atoms with Crippen LogP contribution >= 0.6 is 11.6 Å². The van der Waals surface area contributed by atoms with Gasteiger partial charge in [0.25, 0.3) is 0 Å². The van der Waals surface area contributed by atoms with Crippen LogP contribution in [0.5, 0.6) is 0 Å². The molecule has 1 aromatic carbocycles. The van der Waals surface area contributed by atoms with Gasteiger partial charge < -0.3 is 5.32 Å². The average molecular weight is 339 g/mol. The number of nitriles is 1. The highest BCUT2D eigenvalue weighted by Crippen LogP contribution is 2.24. The molecule has 0 spiro atoms. The first kappa shape index (κ1) is 16.0. The zero-order valence-electron chi connectivity index (χ0n) is 13.0. The van der Waals surface area contributed by atoms with Crippen molar-refractivity contribution in [2.75, 3.05) is 5.32 Å². The summed E-state index contributed by atoms with van der Waals surface area (Å²) in [6.45, 7) is 2.76. The van der Waals surface area contributed by atoms with Gasteiger partial charge in [-0.15, -0.1) is 0 Å². The fourth-order valence-electron chi connectivity index (χ4n) is 2.37. The lowest BCUT2D eigenvalue weighted by molar-refractivity contribution is 0.562. The lowest BCUT2D eigenvalue weighted by Gasteiger charge is -2.14. The summed E-state index contributed by atoms with van der Waals surface area (Å²) in [6.07, 6.45) is 6.88. The van der Waals surface area contributed by atoms with E-state index in [2.05, 4.69) is 33.4 Å². The Bertz CT molecular complexity index is 868. The average Bonchev–Trinajstić information content (AvgIpc) is 3.04. The summed E-state index contributed by atoms with van der Waals surface area (Å²) in [5.41, 5.74) is 3.03. The van der Waals surface area contributed by atoms with Crippen LogP contribution in [0, 0.1) is 11.3 Å². The second-order valence-electron chi connectivity index (χ2n) is 5.40. The summed E-state index contributed by atoms with van der Waals surface area (Å²) < 4.78 is 1.86. The first-order chi connectivity index (χ1) is 11.7. The van der Waals surface area contributed by atoms with E-state index < -0.39 is 0 Å². The third kappa shape index (κ3) is 3.70. The van der Waals surface area contributed by atoms with Gasteiger partial charge in [-0.2, -0.15) is 10.4 Å². The smallest absolute Gasteiger partial charge is 0.115 e. The largest absolute Gasteiger partial charge is 0.378 e. The molecule has 0 aliphatic carbocycles. The van der Waals surface area contributed by atoms with E-state index in [1.165, 1.54) is 6.33 Å². The van der Waals surface area contributed by atoms with Gasteiger partial charge in [-0.3, -0.25) is 4.68 Å². The van der Waals surface area contributed by atoms with E-state index in [1.807, 2.05) is 23.0 Å². The molecule has 7 heteroatoms. The van der Waals surface area contributed by atoms with Crippen LogP contribution in [-0.2, 0) is 6.54 Å². The molecule has 3 rings (SSSR count). The molecule has 1 atom stereocenters. The number of nitrogens with zero attached hydrogens (tertiary/aromatic N) is 5. The Hall–Kier alpha value is -2.91. The number of rotatable bonds is 5. The summed E-state index contributed by atoms with van der Waals surface area (Å²) in [5, 5.41) is 17.3. The first-order valence-electron chi connectivity index (χ1n) is 7.41. The number of anilines is 1. The van der Waals surface area contributed by atoms with E-state index in [9.17, 15) is 0 Å². The number of aromatic nitrogens is 4. The Balaban J connectivity index is 1.69. The molecule has 0 amide bonds. The molecular formula is C17H15ClN6. The van der Waals surface area contributed by atoms with Crippen molar-refractivity contribution in [2.24, 2.45) is 0 Å². The van der Waals surface area contributed by atoms with Gasteiger partial charge in [0, 0.05) is 17.8 Å². The highest BCUT2D eigenvalue weighted by atomic mass is 35.5. The first-order valence-corrected chi connectivity index (χ1v) is 7.78. The topological polar surface area (TPSA) is 79.4 Å². The number of hydrogen-bond donors (Lipinski definition) is 1. The van der Waals surface area contributed by atoms with Crippen LogP contribution in [0.15, 0.2) is 49.2 Å². The maximum atomic E-state index is 8.93. The third-order valence-electron chi connectivity index (χ3n) is 3.46. The molecule has 0 unspecified atom stereocenters. The summed E-state index contributed by atoms with van der Waals surface area (Å²) in [7, 11) is 0. The fraction of sp³-hybridized carbons (Fsp3) is 0.176. The fourth-order valence-corrected chi connectivity index (χ4v) is 2.59. The molecule has 2 aromatic heterocycles. The van der Waals surface area contributed by atoms with Crippen molar-refractivity contribution in [2.45, 2.75) is 19.5 Å². The second kappa shape index (κ2) is 7.11. The lowest BCUT2D eigenvalue weighted by Crippen LogP contribution is -2.22. The molecular weight excluding hydrogens is 324 g/mol. The van der Waals surface area contributed by atoms with Gasteiger partial charge in [0.15, 0.2) is 0 Å². The van der Waals surface area contributed by atoms with Crippen LogP contribution < -0.4 is 5.32 Å². The van der Waals surface area contributed by atoms with Gasteiger partial charge >= 0.3 is 0 Å². The van der Waals surface area contributed by atoms with Crippen molar-refractivity contribution >= 4 is 17.3 Å². The minimum Gasteiger partial charge on any atom is -0.378 e. The Labute approximate surface area is 144 Å². The predicted molar refractivity (Wildman–Crippen MR) is 92.5 cm³/mol. The normalized spacial score (nSPS) is 11.7. The minimum atomic E-state index is 0.160. The molecule has 0 saturated carbocycles. The van der Waals surface area contributed by atoms with Crippen molar-refractivity contribution in [1.82, 2.24) is 19.7 Å². The van der Waals surface area contributed by atoms with E-state index in [-0.39, 0.29) is 6.04 Å². The van der Waals surface area contributed by atoms with Gasteiger partial charge in [0.2, 0.25) is 0 Å². The van der Waals surface area contributed by atoms with Crippen molar-refractivity contribution in [3.8, 4) is 17.3 Å². The van der Waals surface area contributed by atoms with Gasteiger partial charge in [-0.05, 0) is 25.1 Å². The Morgan fingerprint density at radius 2 is 2.08 bits per heavy atom. The number of halogens is 1. The maximum Gasteiger partial charge on any atom is 0.115 e. The van der Waals surface area contributed by atoms with E-state index in [1.54, 1.807) is 24.5 Å². The van der Waals surface area contributed by atoms with Crippen LogP contribution in [-0.4, -0.2) is 25.8 Å².